The van der Waals surface area contributed by atoms with Gasteiger partial charge in [0.15, 0.2) is 5.96 Å². The summed E-state index contributed by atoms with van der Waals surface area (Å²) in [4.78, 5) is 53.0. The van der Waals surface area contributed by atoms with Crippen LogP contribution < -0.4 is 33.2 Å². The maximum Gasteiger partial charge on any atom is 0.328 e. The van der Waals surface area contributed by atoms with E-state index in [1.54, 1.807) is 13.8 Å². The lowest BCUT2D eigenvalue weighted by Crippen LogP contribution is -2.59. The van der Waals surface area contributed by atoms with Crippen molar-refractivity contribution in [2.24, 2.45) is 34.0 Å². The molecule has 0 radical (unpaired) electrons. The van der Waals surface area contributed by atoms with Gasteiger partial charge in [0.25, 0.3) is 0 Å². The molecule has 0 aliphatic heterocycles. The molecule has 5 unspecified atom stereocenters. The summed E-state index contributed by atoms with van der Waals surface area (Å²) in [7, 11) is 0. The molecule has 13 nitrogen and oxygen atoms in total. The fourth-order valence-corrected chi connectivity index (χ4v) is 2.79. The maximum absolute atomic E-state index is 12.9. The Balaban J connectivity index is 5.48. The average molecular weight is 474 g/mol. The molecule has 0 fully saturated rings. The van der Waals surface area contributed by atoms with Crippen molar-refractivity contribution in [1.82, 2.24) is 16.0 Å². The smallest absolute Gasteiger partial charge is 0.328 e. The molecule has 0 spiro atoms. The molecule has 0 aromatic heterocycles. The Hall–Kier alpha value is -2.93. The van der Waals surface area contributed by atoms with Crippen molar-refractivity contribution in [3.8, 4) is 0 Å². The van der Waals surface area contributed by atoms with Crippen molar-refractivity contribution < 1.29 is 29.4 Å². The van der Waals surface area contributed by atoms with Crippen molar-refractivity contribution >= 4 is 29.7 Å². The van der Waals surface area contributed by atoms with Crippen molar-refractivity contribution in [3.05, 3.63) is 0 Å². The van der Waals surface area contributed by atoms with Gasteiger partial charge in [-0.05, 0) is 24.7 Å². The SMILES string of the molecule is CCC(C)C(N)C(=O)NC(C(=O)NC(CCCN=C(N)N)C(=O)NC(CO)C(=O)O)C(C)C. The largest absolute Gasteiger partial charge is 0.480 e. The summed E-state index contributed by atoms with van der Waals surface area (Å²) in [5, 5.41) is 25.6. The minimum Gasteiger partial charge on any atom is -0.480 e. The molecule has 0 aliphatic rings. The molecular weight excluding hydrogens is 434 g/mol. The molecule has 33 heavy (non-hydrogen) atoms. The monoisotopic (exact) mass is 473 g/mol. The van der Waals surface area contributed by atoms with E-state index < -0.39 is 54.5 Å². The molecule has 0 saturated heterocycles. The maximum atomic E-state index is 12.9. The second-order valence-electron chi connectivity index (χ2n) is 8.23. The van der Waals surface area contributed by atoms with E-state index in [0.29, 0.717) is 12.8 Å². The number of aliphatic hydroxyl groups is 1. The third-order valence-corrected chi connectivity index (χ3v) is 5.18. The molecule has 5 atom stereocenters. The zero-order valence-electron chi connectivity index (χ0n) is 19.7. The Morgan fingerprint density at radius 2 is 1.52 bits per heavy atom. The number of nitrogens with zero attached hydrogens (tertiary/aromatic N) is 1. The molecule has 0 bridgehead atoms. The number of hydrogen-bond donors (Lipinski definition) is 8. The van der Waals surface area contributed by atoms with Gasteiger partial charge in [-0.15, -0.1) is 0 Å². The number of carbonyl (C=O) groups excluding carboxylic acids is 3. The first kappa shape index (κ1) is 30.1. The van der Waals surface area contributed by atoms with Crippen LogP contribution in [-0.4, -0.2) is 77.2 Å². The predicted octanol–water partition coefficient (Wildman–Crippen LogP) is -2.40. The van der Waals surface area contributed by atoms with Crippen LogP contribution in [0.25, 0.3) is 0 Å². The minimum atomic E-state index is -1.54. The third-order valence-electron chi connectivity index (χ3n) is 5.18. The lowest BCUT2D eigenvalue weighted by molar-refractivity contribution is -0.143. The Kier molecular flexibility index (Phi) is 13.7. The first-order valence-electron chi connectivity index (χ1n) is 10.9. The molecular formula is C20H39N7O6. The van der Waals surface area contributed by atoms with E-state index in [4.69, 9.17) is 22.3 Å². The molecule has 190 valence electrons. The van der Waals surface area contributed by atoms with Gasteiger partial charge in [-0.3, -0.25) is 19.4 Å². The lowest BCUT2D eigenvalue weighted by Gasteiger charge is -2.27. The van der Waals surface area contributed by atoms with E-state index in [0.717, 1.165) is 0 Å². The van der Waals surface area contributed by atoms with Crippen LogP contribution in [-0.2, 0) is 19.2 Å². The fraction of sp³-hybridized carbons (Fsp3) is 0.750. The molecule has 11 N–H and O–H groups in total. The van der Waals surface area contributed by atoms with E-state index >= 15 is 0 Å². The van der Waals surface area contributed by atoms with E-state index in [2.05, 4.69) is 20.9 Å². The van der Waals surface area contributed by atoms with Gasteiger partial charge in [-0.2, -0.15) is 0 Å². The summed E-state index contributed by atoms with van der Waals surface area (Å²) < 4.78 is 0. The number of nitrogens with two attached hydrogens (primary N) is 3. The quantitative estimate of drug-likeness (QED) is 0.0717. The Labute approximate surface area is 193 Å². The van der Waals surface area contributed by atoms with Crippen molar-refractivity contribution in [1.29, 1.82) is 0 Å². The number of carboxylic acids is 1. The van der Waals surface area contributed by atoms with Gasteiger partial charge in [0, 0.05) is 6.54 Å². The highest BCUT2D eigenvalue weighted by molar-refractivity contribution is 5.94. The van der Waals surface area contributed by atoms with E-state index in [1.165, 1.54) is 0 Å². The number of nitrogens with one attached hydrogen (secondary N) is 3. The number of aliphatic hydroxyl groups excluding tert-OH is 1. The van der Waals surface area contributed by atoms with E-state index in [9.17, 15) is 24.3 Å². The normalized spacial score (nSPS) is 15.5. The minimum absolute atomic E-state index is 0.0806. The number of aliphatic carboxylic acids is 1. The van der Waals surface area contributed by atoms with Crippen LogP contribution in [0.5, 0.6) is 0 Å². The van der Waals surface area contributed by atoms with Crippen LogP contribution in [0.4, 0.5) is 0 Å². The van der Waals surface area contributed by atoms with Crippen LogP contribution in [0.2, 0.25) is 0 Å². The fourth-order valence-electron chi connectivity index (χ4n) is 2.79. The summed E-state index contributed by atoms with van der Waals surface area (Å²) in [6.07, 6.45) is 1.06. The van der Waals surface area contributed by atoms with Crippen LogP contribution in [0, 0.1) is 11.8 Å². The zero-order chi connectivity index (χ0) is 25.7. The summed E-state index contributed by atoms with van der Waals surface area (Å²) in [5.74, 6) is -3.91. The van der Waals surface area contributed by atoms with Gasteiger partial charge in [0.1, 0.15) is 18.1 Å². The summed E-state index contributed by atoms with van der Waals surface area (Å²) in [5.41, 5.74) is 16.5. The highest BCUT2D eigenvalue weighted by Crippen LogP contribution is 2.09. The molecule has 0 aromatic carbocycles. The zero-order valence-corrected chi connectivity index (χ0v) is 19.7. The highest BCUT2D eigenvalue weighted by Gasteiger charge is 2.32. The number of hydrogen-bond acceptors (Lipinski definition) is 7. The van der Waals surface area contributed by atoms with E-state index in [-0.39, 0.29) is 30.8 Å². The summed E-state index contributed by atoms with van der Waals surface area (Å²) in [6.45, 7) is 6.52. The third kappa shape index (κ3) is 11.0. The topological polar surface area (TPSA) is 235 Å². The van der Waals surface area contributed by atoms with Crippen molar-refractivity contribution in [2.75, 3.05) is 13.2 Å². The predicted molar refractivity (Wildman–Crippen MR) is 123 cm³/mol. The Morgan fingerprint density at radius 1 is 0.939 bits per heavy atom. The van der Waals surface area contributed by atoms with Gasteiger partial charge in [0.05, 0.1) is 12.6 Å². The number of carbonyl (C=O) groups is 4. The number of carboxylic acid groups (broad SMARTS) is 1. The van der Waals surface area contributed by atoms with Crippen molar-refractivity contribution in [3.63, 3.8) is 0 Å². The summed E-state index contributed by atoms with van der Waals surface area (Å²) in [6, 6.07) is -4.47. The van der Waals surface area contributed by atoms with Gasteiger partial charge in [-0.1, -0.05) is 34.1 Å². The number of aliphatic imine (C=N–C) groups is 1. The first-order chi connectivity index (χ1) is 15.3. The van der Waals surface area contributed by atoms with Gasteiger partial charge < -0.3 is 43.4 Å². The second-order valence-corrected chi connectivity index (χ2v) is 8.23. The highest BCUT2D eigenvalue weighted by atomic mass is 16.4. The van der Waals surface area contributed by atoms with Gasteiger partial charge >= 0.3 is 5.97 Å². The van der Waals surface area contributed by atoms with Gasteiger partial charge in [0.2, 0.25) is 17.7 Å². The molecule has 0 heterocycles. The molecule has 3 amide bonds. The standard InChI is InChI=1S/C20H39N7O6/c1-5-11(4)14(21)17(30)27-15(10(2)3)18(31)25-12(7-6-8-24-20(22)23)16(29)26-13(9-28)19(32)33/h10-15,28H,5-9,21H2,1-4H3,(H,25,31)(H,26,29)(H,27,30)(H,32,33)(H4,22,23,24). The Bertz CT molecular complexity index is 696. The van der Waals surface area contributed by atoms with E-state index in [1.807, 2.05) is 13.8 Å². The Morgan fingerprint density at radius 3 is 1.97 bits per heavy atom. The first-order valence-corrected chi connectivity index (χ1v) is 10.9. The van der Waals surface area contributed by atoms with Crippen LogP contribution in [0.3, 0.4) is 0 Å². The number of rotatable bonds is 15. The molecule has 0 aliphatic carbocycles. The molecule has 0 rings (SSSR count). The number of amides is 3. The van der Waals surface area contributed by atoms with Crippen LogP contribution in [0.15, 0.2) is 4.99 Å². The summed E-state index contributed by atoms with van der Waals surface area (Å²) >= 11 is 0. The number of guanidine groups is 1. The second kappa shape index (κ2) is 15.0. The van der Waals surface area contributed by atoms with Gasteiger partial charge in [-0.25, -0.2) is 4.79 Å². The lowest BCUT2D eigenvalue weighted by atomic mass is 9.97. The molecule has 13 heteroatoms. The molecule has 0 aromatic rings. The molecule has 0 saturated carbocycles. The van der Waals surface area contributed by atoms with Crippen molar-refractivity contribution in [2.45, 2.75) is 71.1 Å². The van der Waals surface area contributed by atoms with Crippen LogP contribution in [0.1, 0.15) is 47.0 Å². The van der Waals surface area contributed by atoms with Crippen LogP contribution >= 0.6 is 0 Å². The average Bonchev–Trinajstić information content (AvgIpc) is 2.75.